The Hall–Kier alpha value is -5.49. The minimum Gasteiger partial charge on any atom is -0.481 e. The Balaban J connectivity index is 1.62. The van der Waals surface area contributed by atoms with Crippen LogP contribution in [-0.4, -0.2) is 26.4 Å². The molecule has 5 rings (SSSR count). The Morgan fingerprint density at radius 2 is 1.68 bits per heavy atom. The number of hydrogen-bond donors (Lipinski definition) is 3. The van der Waals surface area contributed by atoms with Gasteiger partial charge in [-0.3, -0.25) is 14.0 Å². The van der Waals surface area contributed by atoms with E-state index in [0.717, 1.165) is 22.4 Å². The fraction of sp³-hybridized carbons (Fsp3) is 0.125. The summed E-state index contributed by atoms with van der Waals surface area (Å²) in [4.78, 5) is 30.1. The number of fused-ring (bicyclic) bond motifs is 1. The van der Waals surface area contributed by atoms with Crippen LogP contribution in [0.4, 0.5) is 15.9 Å². The molecule has 0 saturated carbocycles. The highest BCUT2D eigenvalue weighted by Gasteiger charge is 2.24. The highest BCUT2D eigenvalue weighted by atomic mass is 19.1. The van der Waals surface area contributed by atoms with Crippen molar-refractivity contribution >= 4 is 29.0 Å². The van der Waals surface area contributed by atoms with Crippen LogP contribution in [0, 0.1) is 31.0 Å². The van der Waals surface area contributed by atoms with E-state index in [1.807, 2.05) is 32.0 Å². The maximum Gasteiger partial charge on any atom is 0.305 e. The third-order valence-electron chi connectivity index (χ3n) is 6.86. The number of imidazole rings is 1. The second-order valence-electron chi connectivity index (χ2n) is 9.68. The van der Waals surface area contributed by atoms with Crippen LogP contribution in [0.15, 0.2) is 85.1 Å². The Labute approximate surface area is 235 Å². The summed E-state index contributed by atoms with van der Waals surface area (Å²) < 4.78 is 15.3. The molecule has 1 amide bonds. The van der Waals surface area contributed by atoms with E-state index in [4.69, 9.17) is 4.98 Å². The van der Waals surface area contributed by atoms with E-state index in [-0.39, 0.29) is 12.0 Å². The number of nitriles is 1. The summed E-state index contributed by atoms with van der Waals surface area (Å²) in [6, 6.07) is 22.9. The molecule has 2 heterocycles. The van der Waals surface area contributed by atoms with Crippen molar-refractivity contribution in [1.82, 2.24) is 14.7 Å². The summed E-state index contributed by atoms with van der Waals surface area (Å²) in [5.41, 5.74) is 5.81. The van der Waals surface area contributed by atoms with Crippen LogP contribution in [0.5, 0.6) is 0 Å². The monoisotopic (exact) mass is 547 g/mol. The van der Waals surface area contributed by atoms with Crippen molar-refractivity contribution < 1.29 is 19.1 Å². The van der Waals surface area contributed by atoms with Gasteiger partial charge in [0.25, 0.3) is 5.91 Å². The molecule has 1 unspecified atom stereocenters. The maximum atomic E-state index is 13.6. The maximum absolute atomic E-state index is 13.6. The number of carbonyl (C=O) groups excluding carboxylic acids is 1. The lowest BCUT2D eigenvalue weighted by Crippen LogP contribution is -2.30. The molecule has 5 aromatic rings. The molecule has 1 atom stereocenters. The fourth-order valence-corrected chi connectivity index (χ4v) is 4.76. The zero-order valence-electron chi connectivity index (χ0n) is 22.4. The Kier molecular flexibility index (Phi) is 7.48. The van der Waals surface area contributed by atoms with Gasteiger partial charge in [-0.25, -0.2) is 9.37 Å². The average Bonchev–Trinajstić information content (AvgIpc) is 3.33. The van der Waals surface area contributed by atoms with Gasteiger partial charge < -0.3 is 15.7 Å². The Bertz CT molecular complexity index is 1780. The number of nitrogens with one attached hydrogen (secondary N) is 2. The van der Waals surface area contributed by atoms with Gasteiger partial charge in [-0.1, -0.05) is 42.5 Å². The van der Waals surface area contributed by atoms with E-state index < -0.39 is 23.7 Å². The number of aryl methyl sites for hydroxylation is 2. The molecule has 0 spiro atoms. The zero-order chi connectivity index (χ0) is 29.1. The number of anilines is 2. The predicted octanol–water partition coefficient (Wildman–Crippen LogP) is 6.32. The van der Waals surface area contributed by atoms with Gasteiger partial charge in [0.2, 0.25) is 0 Å². The van der Waals surface area contributed by atoms with Gasteiger partial charge in [-0.05, 0) is 66.9 Å². The fourth-order valence-electron chi connectivity index (χ4n) is 4.76. The van der Waals surface area contributed by atoms with Crippen molar-refractivity contribution in [2.75, 3.05) is 5.32 Å². The van der Waals surface area contributed by atoms with Crippen LogP contribution < -0.4 is 10.6 Å². The van der Waals surface area contributed by atoms with Crippen molar-refractivity contribution in [2.45, 2.75) is 26.3 Å². The van der Waals surface area contributed by atoms with Crippen LogP contribution in [0.3, 0.4) is 0 Å². The first-order valence-electron chi connectivity index (χ1n) is 12.9. The summed E-state index contributed by atoms with van der Waals surface area (Å²) in [5.74, 6) is -1.48. The van der Waals surface area contributed by atoms with Crippen molar-refractivity contribution in [3.05, 3.63) is 119 Å². The largest absolute Gasteiger partial charge is 0.481 e. The predicted molar refractivity (Wildman–Crippen MR) is 153 cm³/mol. The number of carbonyl (C=O) groups is 2. The molecule has 204 valence electrons. The average molecular weight is 548 g/mol. The van der Waals surface area contributed by atoms with E-state index in [1.165, 1.54) is 24.3 Å². The van der Waals surface area contributed by atoms with Crippen LogP contribution in [-0.2, 0) is 4.79 Å². The third-order valence-corrected chi connectivity index (χ3v) is 6.86. The number of benzene rings is 3. The van der Waals surface area contributed by atoms with E-state index in [0.29, 0.717) is 28.3 Å². The molecule has 0 aliphatic carbocycles. The van der Waals surface area contributed by atoms with Crippen molar-refractivity contribution in [3.63, 3.8) is 0 Å². The second-order valence-corrected chi connectivity index (χ2v) is 9.68. The lowest BCUT2D eigenvalue weighted by atomic mass is 10.0. The second kappa shape index (κ2) is 11.3. The standard InChI is InChI=1S/C32H26FN5O3/c1-19-5-3-6-20(2)28(19)36-31-29(23-10-8-21(18-34)9-11-23)37-30-25(7-4-16-38(30)31)32(41)35-26(17-27(39)40)22-12-14-24(33)15-13-22/h3-16,26,36H,17H2,1-2H3,(H,35,41)(H,39,40). The highest BCUT2D eigenvalue weighted by molar-refractivity contribution is 6.01. The van der Waals surface area contributed by atoms with Crippen LogP contribution in [0.2, 0.25) is 0 Å². The number of aliphatic carboxylic acids is 1. The normalized spacial score (nSPS) is 11.6. The van der Waals surface area contributed by atoms with Gasteiger partial charge in [-0.2, -0.15) is 5.26 Å². The first-order chi connectivity index (χ1) is 19.7. The van der Waals surface area contributed by atoms with Gasteiger partial charge in [0.15, 0.2) is 5.65 Å². The molecule has 0 bridgehead atoms. The Morgan fingerprint density at radius 3 is 2.32 bits per heavy atom. The molecule has 0 fully saturated rings. The number of nitrogens with zero attached hydrogens (tertiary/aromatic N) is 3. The molecule has 3 aromatic carbocycles. The molecular weight excluding hydrogens is 521 g/mol. The third kappa shape index (κ3) is 5.63. The number of para-hydroxylation sites is 1. The smallest absolute Gasteiger partial charge is 0.305 e. The van der Waals surface area contributed by atoms with Crippen molar-refractivity contribution in [3.8, 4) is 17.3 Å². The molecule has 9 heteroatoms. The van der Waals surface area contributed by atoms with Gasteiger partial charge >= 0.3 is 5.97 Å². The summed E-state index contributed by atoms with van der Waals surface area (Å²) in [5, 5.41) is 25.0. The highest BCUT2D eigenvalue weighted by Crippen LogP contribution is 2.34. The van der Waals surface area contributed by atoms with Crippen LogP contribution >= 0.6 is 0 Å². The number of carboxylic acid groups (broad SMARTS) is 1. The number of pyridine rings is 1. The molecule has 8 nitrogen and oxygen atoms in total. The van der Waals surface area contributed by atoms with E-state index >= 15 is 0 Å². The number of amides is 1. The van der Waals surface area contributed by atoms with E-state index in [2.05, 4.69) is 16.7 Å². The van der Waals surface area contributed by atoms with Crippen molar-refractivity contribution in [2.24, 2.45) is 0 Å². The number of carboxylic acids is 1. The number of aromatic nitrogens is 2. The summed E-state index contributed by atoms with van der Waals surface area (Å²) >= 11 is 0. The molecule has 0 radical (unpaired) electrons. The van der Waals surface area contributed by atoms with E-state index in [1.54, 1.807) is 47.0 Å². The first-order valence-corrected chi connectivity index (χ1v) is 12.9. The van der Waals surface area contributed by atoms with Crippen molar-refractivity contribution in [1.29, 1.82) is 5.26 Å². The number of halogens is 1. The van der Waals surface area contributed by atoms with Gasteiger partial charge in [0, 0.05) is 17.4 Å². The molecular formula is C32H26FN5O3. The molecule has 0 saturated heterocycles. The number of hydrogen-bond acceptors (Lipinski definition) is 5. The zero-order valence-corrected chi connectivity index (χ0v) is 22.4. The molecule has 0 aliphatic rings. The summed E-state index contributed by atoms with van der Waals surface area (Å²) in [6.45, 7) is 3.99. The SMILES string of the molecule is Cc1cccc(C)c1Nc1c(-c2ccc(C#N)cc2)nc2c(C(=O)NC(CC(=O)O)c3ccc(F)cc3)cccn12. The topological polar surface area (TPSA) is 120 Å². The summed E-state index contributed by atoms with van der Waals surface area (Å²) in [6.07, 6.45) is 1.40. The van der Waals surface area contributed by atoms with E-state index in [9.17, 15) is 24.3 Å². The lowest BCUT2D eigenvalue weighted by molar-refractivity contribution is -0.137. The summed E-state index contributed by atoms with van der Waals surface area (Å²) in [7, 11) is 0. The van der Waals surface area contributed by atoms with Gasteiger partial charge in [-0.15, -0.1) is 0 Å². The Morgan fingerprint density at radius 1 is 1.00 bits per heavy atom. The van der Waals surface area contributed by atoms with Gasteiger partial charge in [0.1, 0.15) is 17.3 Å². The van der Waals surface area contributed by atoms with Crippen LogP contribution in [0.1, 0.15) is 45.1 Å². The lowest BCUT2D eigenvalue weighted by Gasteiger charge is -2.18. The molecule has 0 aliphatic heterocycles. The molecule has 41 heavy (non-hydrogen) atoms. The molecule has 3 N–H and O–H groups in total. The van der Waals surface area contributed by atoms with Gasteiger partial charge in [0.05, 0.1) is 29.7 Å². The minimum absolute atomic E-state index is 0.231. The molecule has 2 aromatic heterocycles. The van der Waals surface area contributed by atoms with Crippen LogP contribution in [0.25, 0.3) is 16.9 Å². The minimum atomic E-state index is -1.11. The quantitative estimate of drug-likeness (QED) is 0.209. The number of rotatable bonds is 8. The first kappa shape index (κ1) is 27.1.